The van der Waals surface area contributed by atoms with Gasteiger partial charge in [0.2, 0.25) is 0 Å². The quantitative estimate of drug-likeness (QED) is 0.124. The van der Waals surface area contributed by atoms with Crippen LogP contribution in [0.15, 0.2) is 54.1 Å². The normalized spacial score (nSPS) is 30.9. The molecule has 0 amide bonds. The van der Waals surface area contributed by atoms with Crippen molar-refractivity contribution in [3.63, 3.8) is 0 Å². The summed E-state index contributed by atoms with van der Waals surface area (Å²) in [6, 6.07) is 9.48. The molecule has 3 aliphatic rings. The molecule has 1 aromatic rings. The average molecular weight is 640 g/mol. The van der Waals surface area contributed by atoms with E-state index in [1.807, 2.05) is 36.4 Å². The molecule has 2 fully saturated rings. The highest BCUT2D eigenvalue weighted by molar-refractivity contribution is 6.74. The number of benzene rings is 1. The van der Waals surface area contributed by atoms with Gasteiger partial charge in [0.25, 0.3) is 0 Å². The molecule has 0 bridgehead atoms. The molecule has 0 unspecified atom stereocenters. The number of hydrogen-bond acceptors (Lipinski definition) is 8. The van der Waals surface area contributed by atoms with Gasteiger partial charge in [-0.05, 0) is 84.8 Å². The van der Waals surface area contributed by atoms with Crippen molar-refractivity contribution in [2.75, 3.05) is 18.5 Å². The third-order valence-electron chi connectivity index (χ3n) is 11.3. The number of carbonyl (C=O) groups excluding carboxylic acids is 3. The summed E-state index contributed by atoms with van der Waals surface area (Å²) in [7, 11) is -2.17. The van der Waals surface area contributed by atoms with Gasteiger partial charge >= 0.3 is 17.9 Å². The number of para-hydroxylation sites is 1. The monoisotopic (exact) mass is 639 g/mol. The lowest BCUT2D eigenvalue weighted by Crippen LogP contribution is -2.62. The predicted molar refractivity (Wildman–Crippen MR) is 178 cm³/mol. The number of fused-ring (bicyclic) bond motifs is 1. The maximum absolute atomic E-state index is 12.9. The Morgan fingerprint density at radius 2 is 1.76 bits per heavy atom. The molecule has 248 valence electrons. The summed E-state index contributed by atoms with van der Waals surface area (Å²) >= 11 is 0. The van der Waals surface area contributed by atoms with Gasteiger partial charge in [0.15, 0.2) is 8.32 Å². The maximum Gasteiger partial charge on any atom is 0.336 e. The van der Waals surface area contributed by atoms with Crippen molar-refractivity contribution in [2.24, 2.45) is 22.7 Å². The van der Waals surface area contributed by atoms with Crippen LogP contribution in [0.5, 0.6) is 0 Å². The van der Waals surface area contributed by atoms with E-state index in [1.54, 1.807) is 0 Å². The molecular formula is C36H53NO7Si. The zero-order valence-corrected chi connectivity index (χ0v) is 29.7. The Morgan fingerprint density at radius 3 is 2.31 bits per heavy atom. The number of nitrogens with one attached hydrogen (secondary N) is 1. The number of carbonyl (C=O) groups is 3. The minimum atomic E-state index is -2.17. The minimum Gasteiger partial charge on any atom is -0.462 e. The number of cyclic esters (lactones) is 1. The van der Waals surface area contributed by atoms with Crippen LogP contribution in [0, 0.1) is 22.7 Å². The second kappa shape index (κ2) is 13.1. The Labute approximate surface area is 270 Å². The first kappa shape index (κ1) is 35.0. The minimum absolute atomic E-state index is 0.00185. The summed E-state index contributed by atoms with van der Waals surface area (Å²) in [5.41, 5.74) is 1.48. The molecule has 2 saturated carbocycles. The summed E-state index contributed by atoms with van der Waals surface area (Å²) < 4.78 is 24.3. The standard InChI is InChI=1S/C36H53NO7Si/c1-23-28(20-29(27-17-19-41-33(27)40)37-26-14-12-11-13-15-26)35(7)18-16-32(44-25(3)39)36(8,22-42-45(9,10)34(4,5)6)31(35)21-30(23)43-24(2)38/h11-15,17,28-32,37H,1,16,18-22H2,2-10H3/t28-,29-,30+,31+,32-,35+,36+/m1/s1. The summed E-state index contributed by atoms with van der Waals surface area (Å²) in [6.07, 6.45) is 3.55. The summed E-state index contributed by atoms with van der Waals surface area (Å²) in [6.45, 7) is 23.7. The fourth-order valence-electron chi connectivity index (χ4n) is 7.67. The van der Waals surface area contributed by atoms with E-state index in [-0.39, 0.29) is 58.9 Å². The lowest BCUT2D eigenvalue weighted by Gasteiger charge is -2.62. The van der Waals surface area contributed by atoms with Crippen molar-refractivity contribution in [3.05, 3.63) is 54.1 Å². The van der Waals surface area contributed by atoms with E-state index in [9.17, 15) is 14.4 Å². The maximum atomic E-state index is 12.9. The van der Waals surface area contributed by atoms with Crippen molar-refractivity contribution in [1.29, 1.82) is 0 Å². The molecule has 8 nitrogen and oxygen atoms in total. The van der Waals surface area contributed by atoms with E-state index < -0.39 is 19.8 Å². The van der Waals surface area contributed by atoms with E-state index >= 15 is 0 Å². The molecule has 1 aliphatic heterocycles. The van der Waals surface area contributed by atoms with E-state index in [0.29, 0.717) is 31.4 Å². The Hall–Kier alpha value is -2.91. The zero-order valence-electron chi connectivity index (χ0n) is 28.7. The van der Waals surface area contributed by atoms with Crippen LogP contribution >= 0.6 is 0 Å². The second-order valence-corrected chi connectivity index (χ2v) is 20.1. The Morgan fingerprint density at radius 1 is 1.11 bits per heavy atom. The molecule has 0 spiro atoms. The lowest BCUT2D eigenvalue weighted by atomic mass is 9.45. The molecule has 2 aliphatic carbocycles. The SMILES string of the molecule is C=C1[C@@H](OC(C)=O)C[C@@H]2[C@](C)(CO[Si](C)(C)C(C)(C)C)[C@H](OC(C)=O)CC[C@@]2(C)[C@@H]1C[C@@H](Nc1ccccc1)C1=CCOC1=O. The van der Waals surface area contributed by atoms with Crippen LogP contribution in [-0.4, -0.2) is 57.7 Å². The van der Waals surface area contributed by atoms with Gasteiger partial charge in [-0.2, -0.15) is 0 Å². The number of ether oxygens (including phenoxy) is 3. The van der Waals surface area contributed by atoms with Gasteiger partial charge in [-0.3, -0.25) is 9.59 Å². The molecule has 0 radical (unpaired) electrons. The molecular weight excluding hydrogens is 586 g/mol. The molecule has 0 saturated heterocycles. The molecule has 1 heterocycles. The number of rotatable bonds is 10. The van der Waals surface area contributed by atoms with E-state index in [2.05, 4.69) is 59.6 Å². The lowest BCUT2D eigenvalue weighted by molar-refractivity contribution is -0.192. The number of anilines is 1. The molecule has 0 aromatic heterocycles. The average Bonchev–Trinajstić information content (AvgIpc) is 3.37. The van der Waals surface area contributed by atoms with Gasteiger partial charge in [0, 0.05) is 31.6 Å². The van der Waals surface area contributed by atoms with Gasteiger partial charge < -0.3 is 24.0 Å². The van der Waals surface area contributed by atoms with Crippen LogP contribution in [0.2, 0.25) is 18.1 Å². The molecule has 45 heavy (non-hydrogen) atoms. The highest BCUT2D eigenvalue weighted by Gasteiger charge is 2.62. The van der Waals surface area contributed by atoms with Gasteiger partial charge in [-0.25, -0.2) is 4.79 Å². The van der Waals surface area contributed by atoms with Gasteiger partial charge in [-0.1, -0.05) is 59.4 Å². The molecule has 1 aromatic carbocycles. The van der Waals surface area contributed by atoms with Crippen LogP contribution in [0.3, 0.4) is 0 Å². The third-order valence-corrected chi connectivity index (χ3v) is 15.7. The summed E-state index contributed by atoms with van der Waals surface area (Å²) in [5.74, 6) is -1.16. The first-order chi connectivity index (χ1) is 20.9. The zero-order chi connectivity index (χ0) is 33.4. The fraction of sp³-hybridized carbons (Fsp3) is 0.639. The largest absolute Gasteiger partial charge is 0.462 e. The van der Waals surface area contributed by atoms with E-state index in [0.717, 1.165) is 17.7 Å². The topological polar surface area (TPSA) is 100 Å². The highest BCUT2D eigenvalue weighted by Crippen LogP contribution is 2.63. The predicted octanol–water partition coefficient (Wildman–Crippen LogP) is 7.22. The van der Waals surface area contributed by atoms with Gasteiger partial charge in [0.1, 0.15) is 18.8 Å². The molecule has 4 rings (SSSR count). The number of hydrogen-bond donors (Lipinski definition) is 1. The second-order valence-electron chi connectivity index (χ2n) is 15.3. The van der Waals surface area contributed by atoms with Crippen molar-refractivity contribution >= 4 is 31.9 Å². The Balaban J connectivity index is 1.79. The van der Waals surface area contributed by atoms with Crippen LogP contribution in [0.4, 0.5) is 5.69 Å². The summed E-state index contributed by atoms with van der Waals surface area (Å²) in [4.78, 5) is 37.8. The fourth-order valence-corrected chi connectivity index (χ4v) is 8.78. The summed E-state index contributed by atoms with van der Waals surface area (Å²) in [5, 5.41) is 3.60. The van der Waals surface area contributed by atoms with Crippen LogP contribution in [-0.2, 0) is 33.0 Å². The first-order valence-corrected chi connectivity index (χ1v) is 19.2. The third kappa shape index (κ3) is 7.24. The van der Waals surface area contributed by atoms with Crippen molar-refractivity contribution < 1.29 is 33.0 Å². The van der Waals surface area contributed by atoms with E-state index in [1.165, 1.54) is 13.8 Å². The number of esters is 3. The van der Waals surface area contributed by atoms with Crippen molar-refractivity contribution in [3.8, 4) is 0 Å². The Bertz CT molecular complexity index is 1320. The van der Waals surface area contributed by atoms with Crippen molar-refractivity contribution in [1.82, 2.24) is 0 Å². The molecule has 7 atom stereocenters. The highest BCUT2D eigenvalue weighted by atomic mass is 28.4. The van der Waals surface area contributed by atoms with Crippen molar-refractivity contribution in [2.45, 2.75) is 111 Å². The molecule has 1 N–H and O–H groups in total. The first-order valence-electron chi connectivity index (χ1n) is 16.2. The smallest absolute Gasteiger partial charge is 0.336 e. The van der Waals surface area contributed by atoms with Gasteiger partial charge in [-0.15, -0.1) is 0 Å². The molecule has 9 heteroatoms. The van der Waals surface area contributed by atoms with Crippen LogP contribution in [0.25, 0.3) is 0 Å². The van der Waals surface area contributed by atoms with Crippen LogP contribution < -0.4 is 5.32 Å². The van der Waals surface area contributed by atoms with Gasteiger partial charge in [0.05, 0.1) is 11.6 Å². The van der Waals surface area contributed by atoms with E-state index in [4.69, 9.17) is 18.6 Å². The Kier molecular flexibility index (Phi) is 10.1. The van der Waals surface area contributed by atoms with Crippen LogP contribution in [0.1, 0.15) is 74.1 Å².